The summed E-state index contributed by atoms with van der Waals surface area (Å²) in [7, 11) is 0. The summed E-state index contributed by atoms with van der Waals surface area (Å²) in [5.41, 5.74) is 0.269. The molecule has 186 valence electrons. The van der Waals surface area contributed by atoms with E-state index in [1.54, 1.807) is 49.4 Å². The number of carbonyl (C=O) groups is 1. The minimum Gasteiger partial charge on any atom is -0.390 e. The van der Waals surface area contributed by atoms with E-state index in [1.165, 1.54) is 17.2 Å². The van der Waals surface area contributed by atoms with Crippen molar-refractivity contribution >= 4 is 33.9 Å². The summed E-state index contributed by atoms with van der Waals surface area (Å²) in [5, 5.41) is 20.3. The van der Waals surface area contributed by atoms with Gasteiger partial charge in [-0.15, -0.1) is 0 Å². The molecule has 1 N–H and O–H groups in total. The van der Waals surface area contributed by atoms with Crippen molar-refractivity contribution in [3.63, 3.8) is 0 Å². The molecule has 0 bridgehead atoms. The van der Waals surface area contributed by atoms with Gasteiger partial charge in [-0.2, -0.15) is 5.26 Å². The van der Waals surface area contributed by atoms with Crippen LogP contribution in [0.15, 0.2) is 59.2 Å². The minimum absolute atomic E-state index is 0.0460. The zero-order chi connectivity index (χ0) is 25.9. The predicted octanol–water partition coefficient (Wildman–Crippen LogP) is 5.61. The van der Waals surface area contributed by atoms with Crippen LogP contribution in [0.5, 0.6) is 0 Å². The standard InChI is InChI=1S/C27H24BrClFN3O3/c1-17-11-20(28)12-23(30)26(17)27(19-6-8-21(29)9-7-19,36-25-4-2-3-24(25)35)33(16-34)15-22-10-5-18(13-31)14-32-22/h5-12,14,16,24-25,35H,2-4,15H2,1H3. The fraction of sp³-hybridized carbons (Fsp3) is 0.296. The monoisotopic (exact) mass is 571 g/mol. The number of nitriles is 1. The number of benzene rings is 2. The summed E-state index contributed by atoms with van der Waals surface area (Å²) in [6.07, 6.45) is 2.43. The van der Waals surface area contributed by atoms with Gasteiger partial charge in [-0.25, -0.2) is 4.39 Å². The largest absolute Gasteiger partial charge is 0.390 e. The molecule has 6 nitrogen and oxygen atoms in total. The first-order chi connectivity index (χ1) is 17.3. The highest BCUT2D eigenvalue weighted by atomic mass is 79.9. The number of nitrogens with zero attached hydrogens (tertiary/aromatic N) is 3. The van der Waals surface area contributed by atoms with Gasteiger partial charge in [0, 0.05) is 26.8 Å². The van der Waals surface area contributed by atoms with Crippen LogP contribution in [0.1, 0.15) is 47.2 Å². The van der Waals surface area contributed by atoms with Gasteiger partial charge in [0.1, 0.15) is 11.9 Å². The number of aryl methyl sites for hydroxylation is 1. The minimum atomic E-state index is -1.74. The van der Waals surface area contributed by atoms with Gasteiger partial charge < -0.3 is 14.7 Å². The molecule has 1 heterocycles. The second-order valence-electron chi connectivity index (χ2n) is 8.77. The van der Waals surface area contributed by atoms with Crippen molar-refractivity contribution in [2.24, 2.45) is 0 Å². The number of rotatable bonds is 8. The number of aromatic nitrogens is 1. The number of aliphatic hydroxyl groups excluding tert-OH is 1. The van der Waals surface area contributed by atoms with Crippen LogP contribution in [0.25, 0.3) is 0 Å². The molecule has 2 aromatic carbocycles. The Morgan fingerprint density at radius 1 is 1.31 bits per heavy atom. The van der Waals surface area contributed by atoms with Crippen LogP contribution in [0, 0.1) is 24.1 Å². The molecule has 0 saturated heterocycles. The van der Waals surface area contributed by atoms with Crippen LogP contribution in [0.2, 0.25) is 5.02 Å². The quantitative estimate of drug-likeness (QED) is 0.280. The van der Waals surface area contributed by atoms with Crippen molar-refractivity contribution in [3.8, 4) is 6.07 Å². The SMILES string of the molecule is Cc1cc(Br)cc(F)c1C(OC1CCCC1O)(c1ccc(Cl)cc1)N(C=O)Cc1ccc(C#N)cn1. The number of halogens is 3. The molecule has 3 unspecified atom stereocenters. The molecule has 4 rings (SSSR count). The van der Waals surface area contributed by atoms with Gasteiger partial charge in [0.15, 0.2) is 5.72 Å². The summed E-state index contributed by atoms with van der Waals surface area (Å²) in [5.74, 6) is -0.580. The Balaban J connectivity index is 1.97. The van der Waals surface area contributed by atoms with Crippen molar-refractivity contribution in [1.29, 1.82) is 5.26 Å². The molecule has 3 atom stereocenters. The van der Waals surface area contributed by atoms with E-state index in [4.69, 9.17) is 21.6 Å². The Morgan fingerprint density at radius 2 is 2.06 bits per heavy atom. The first-order valence-corrected chi connectivity index (χ1v) is 12.6. The maximum atomic E-state index is 15.9. The lowest BCUT2D eigenvalue weighted by atomic mass is 9.88. The molecule has 1 aliphatic rings. The molecule has 1 fully saturated rings. The lowest BCUT2D eigenvalue weighted by Gasteiger charge is -2.45. The molecule has 0 radical (unpaired) electrons. The predicted molar refractivity (Wildman–Crippen MR) is 136 cm³/mol. The molecule has 0 aliphatic heterocycles. The maximum Gasteiger partial charge on any atom is 0.212 e. The first kappa shape index (κ1) is 26.2. The van der Waals surface area contributed by atoms with Gasteiger partial charge in [-0.3, -0.25) is 9.78 Å². The fourth-order valence-electron chi connectivity index (χ4n) is 4.70. The van der Waals surface area contributed by atoms with Crippen LogP contribution in [-0.4, -0.2) is 33.6 Å². The molecule has 1 aliphatic carbocycles. The lowest BCUT2D eigenvalue weighted by molar-refractivity contribution is -0.190. The van der Waals surface area contributed by atoms with Gasteiger partial charge in [-0.1, -0.05) is 39.7 Å². The van der Waals surface area contributed by atoms with Gasteiger partial charge >= 0.3 is 0 Å². The Bertz CT molecular complexity index is 1260. The Hall–Kier alpha value is -2.83. The second kappa shape index (κ2) is 11.1. The van der Waals surface area contributed by atoms with E-state index in [-0.39, 0.29) is 12.1 Å². The number of amides is 1. The second-order valence-corrected chi connectivity index (χ2v) is 10.1. The Kier molecular flexibility index (Phi) is 8.06. The summed E-state index contributed by atoms with van der Waals surface area (Å²) in [4.78, 5) is 18.4. The van der Waals surface area contributed by atoms with Crippen LogP contribution in [0.3, 0.4) is 0 Å². The van der Waals surface area contributed by atoms with E-state index in [2.05, 4.69) is 20.9 Å². The maximum absolute atomic E-state index is 15.9. The number of hydrogen-bond donors (Lipinski definition) is 1. The molecular weight excluding hydrogens is 549 g/mol. The molecule has 36 heavy (non-hydrogen) atoms. The number of ether oxygens (including phenoxy) is 1. The average Bonchev–Trinajstić information content (AvgIpc) is 3.26. The lowest BCUT2D eigenvalue weighted by Crippen LogP contribution is -2.52. The Morgan fingerprint density at radius 3 is 2.61 bits per heavy atom. The number of pyridine rings is 1. The zero-order valence-corrected chi connectivity index (χ0v) is 21.8. The number of hydrogen-bond acceptors (Lipinski definition) is 5. The van der Waals surface area contributed by atoms with Gasteiger partial charge in [0.2, 0.25) is 6.41 Å². The Labute approximate surface area is 222 Å². The van der Waals surface area contributed by atoms with E-state index in [0.717, 1.165) is 6.42 Å². The molecule has 1 aromatic heterocycles. The van der Waals surface area contributed by atoms with E-state index < -0.39 is 23.8 Å². The van der Waals surface area contributed by atoms with Crippen LogP contribution in [-0.2, 0) is 21.8 Å². The van der Waals surface area contributed by atoms with Crippen LogP contribution in [0.4, 0.5) is 4.39 Å². The molecular formula is C27H24BrClFN3O3. The topological polar surface area (TPSA) is 86.5 Å². The van der Waals surface area contributed by atoms with E-state index in [0.29, 0.717) is 51.1 Å². The summed E-state index contributed by atoms with van der Waals surface area (Å²) in [6, 6.07) is 15.0. The highest BCUT2D eigenvalue weighted by Gasteiger charge is 2.48. The summed E-state index contributed by atoms with van der Waals surface area (Å²) in [6.45, 7) is 1.70. The van der Waals surface area contributed by atoms with Crippen LogP contribution < -0.4 is 0 Å². The summed E-state index contributed by atoms with van der Waals surface area (Å²) < 4.78 is 23.1. The van der Waals surface area contributed by atoms with E-state index in [9.17, 15) is 9.90 Å². The zero-order valence-electron chi connectivity index (χ0n) is 19.5. The van der Waals surface area contributed by atoms with Crippen molar-refractivity contribution in [1.82, 2.24) is 9.88 Å². The average molecular weight is 573 g/mol. The van der Waals surface area contributed by atoms with Gasteiger partial charge in [0.25, 0.3) is 0 Å². The first-order valence-electron chi connectivity index (χ1n) is 11.4. The van der Waals surface area contributed by atoms with Crippen molar-refractivity contribution < 1.29 is 19.0 Å². The number of aliphatic hydroxyl groups is 1. The van der Waals surface area contributed by atoms with E-state index in [1.807, 2.05) is 6.07 Å². The van der Waals surface area contributed by atoms with Crippen molar-refractivity contribution in [2.75, 3.05) is 0 Å². The smallest absolute Gasteiger partial charge is 0.212 e. The molecule has 1 saturated carbocycles. The molecule has 9 heteroatoms. The molecule has 0 spiro atoms. The third-order valence-corrected chi connectivity index (χ3v) is 7.09. The van der Waals surface area contributed by atoms with E-state index >= 15 is 4.39 Å². The fourth-order valence-corrected chi connectivity index (χ4v) is 5.37. The van der Waals surface area contributed by atoms with Gasteiger partial charge in [0.05, 0.1) is 30.0 Å². The van der Waals surface area contributed by atoms with Gasteiger partial charge in [-0.05, 0) is 68.1 Å². The normalized spacial score (nSPS) is 18.9. The molecule has 3 aromatic rings. The van der Waals surface area contributed by atoms with Crippen molar-refractivity contribution in [2.45, 2.75) is 50.7 Å². The molecule has 1 amide bonds. The summed E-state index contributed by atoms with van der Waals surface area (Å²) >= 11 is 9.52. The highest BCUT2D eigenvalue weighted by Crippen LogP contribution is 2.44. The number of carbonyl (C=O) groups excluding carboxylic acids is 1. The third-order valence-electron chi connectivity index (χ3n) is 6.38. The van der Waals surface area contributed by atoms with Crippen molar-refractivity contribution in [3.05, 3.63) is 98.0 Å². The highest BCUT2D eigenvalue weighted by molar-refractivity contribution is 9.10. The van der Waals surface area contributed by atoms with Crippen LogP contribution >= 0.6 is 27.5 Å². The third kappa shape index (κ3) is 5.16.